The number of hydrogen-bond acceptors (Lipinski definition) is 0. The summed E-state index contributed by atoms with van der Waals surface area (Å²) in [5.41, 5.74) is 21.4. The van der Waals surface area contributed by atoms with Crippen LogP contribution in [-0.4, -0.2) is 4.70 Å². The minimum Gasteiger partial charge on any atom is -0.493 e. The van der Waals surface area contributed by atoms with Crippen molar-refractivity contribution < 1.29 is 25.1 Å². The standard InChI is InChI=1S/C33H46N2.Pd/c1-5-9-12-17-26-19-15-21-28(24-26)32-30(8-4)31(23-14-11-7-3)33(35(32)34)29-22-16-20-27(25-29)18-13-10-6-2;/h15-16,19-22,24-25H,5-14,17-18,23H2,1-4H3;. The molecule has 0 unspecified atom stereocenters. The van der Waals surface area contributed by atoms with Crippen molar-refractivity contribution in [1.82, 2.24) is 0 Å². The molecule has 2 nitrogen and oxygen atoms in total. The molecular weight excluding hydrogens is 531 g/mol. The van der Waals surface area contributed by atoms with Crippen molar-refractivity contribution in [2.75, 3.05) is 0 Å². The minimum absolute atomic E-state index is 0. The molecule has 3 rings (SSSR count). The molecule has 0 spiro atoms. The average Bonchev–Trinajstić information content (AvgIpc) is 3.16. The van der Waals surface area contributed by atoms with Crippen molar-refractivity contribution in [2.24, 2.45) is 0 Å². The maximum atomic E-state index is 11.7. The van der Waals surface area contributed by atoms with E-state index in [0.717, 1.165) is 54.6 Å². The van der Waals surface area contributed by atoms with Crippen LogP contribution in [-0.2, 0) is 33.3 Å². The fraction of sp³-hybridized carbons (Fsp3) is 0.515. The zero-order valence-electron chi connectivity index (χ0n) is 23.0. The van der Waals surface area contributed by atoms with Crippen LogP contribution in [0.3, 0.4) is 0 Å². The van der Waals surface area contributed by atoms with Gasteiger partial charge in [0.15, 0.2) is 0 Å². The second-order valence-corrected chi connectivity index (χ2v) is 10.1. The van der Waals surface area contributed by atoms with Crippen LogP contribution in [0.15, 0.2) is 59.7 Å². The van der Waals surface area contributed by atoms with Gasteiger partial charge in [0.2, 0.25) is 11.4 Å². The van der Waals surface area contributed by atoms with E-state index in [-0.39, 0.29) is 20.4 Å². The van der Waals surface area contributed by atoms with Gasteiger partial charge < -0.3 is 5.53 Å². The van der Waals surface area contributed by atoms with Crippen molar-refractivity contribution in [3.05, 3.63) is 87.5 Å². The van der Waals surface area contributed by atoms with Crippen LogP contribution >= 0.6 is 0 Å². The molecule has 0 N–H and O–H groups in total. The summed E-state index contributed by atoms with van der Waals surface area (Å²) in [6.07, 6.45) is 15.2. The third kappa shape index (κ3) is 7.84. The van der Waals surface area contributed by atoms with Gasteiger partial charge in [-0.1, -0.05) is 90.5 Å². The first-order valence-corrected chi connectivity index (χ1v) is 14.3. The van der Waals surface area contributed by atoms with Gasteiger partial charge in [-0.15, -0.1) is 0 Å². The van der Waals surface area contributed by atoms with Gasteiger partial charge in [-0.05, 0) is 80.3 Å². The van der Waals surface area contributed by atoms with Crippen LogP contribution in [0.5, 0.6) is 0 Å². The van der Waals surface area contributed by atoms with Crippen LogP contribution in [0, 0.1) is 0 Å². The van der Waals surface area contributed by atoms with Crippen molar-refractivity contribution in [3.63, 3.8) is 0 Å². The summed E-state index contributed by atoms with van der Waals surface area (Å²) in [4.78, 5) is 0. The summed E-state index contributed by atoms with van der Waals surface area (Å²) in [5.74, 6) is 0. The summed E-state index contributed by atoms with van der Waals surface area (Å²) in [6.45, 7) is 9.00. The summed E-state index contributed by atoms with van der Waals surface area (Å²) >= 11 is 0. The molecule has 0 saturated heterocycles. The first kappa shape index (κ1) is 30.4. The number of unbranched alkanes of at least 4 members (excludes halogenated alkanes) is 6. The molecule has 36 heavy (non-hydrogen) atoms. The van der Waals surface area contributed by atoms with Crippen LogP contribution in [0.4, 0.5) is 0 Å². The topological polar surface area (TPSA) is 25.3 Å². The van der Waals surface area contributed by atoms with Crippen LogP contribution < -0.4 is 0 Å². The van der Waals surface area contributed by atoms with Crippen LogP contribution in [0.2, 0.25) is 0 Å². The van der Waals surface area contributed by atoms with E-state index in [9.17, 15) is 5.53 Å². The number of hydrogen-bond donors (Lipinski definition) is 0. The Morgan fingerprint density at radius 2 is 1.03 bits per heavy atom. The van der Waals surface area contributed by atoms with Gasteiger partial charge in [0, 0.05) is 42.7 Å². The van der Waals surface area contributed by atoms with E-state index in [4.69, 9.17) is 0 Å². The molecule has 198 valence electrons. The molecule has 0 saturated carbocycles. The molecule has 2 aromatic carbocycles. The smallest absolute Gasteiger partial charge is 0.211 e. The SMILES string of the molecule is CCCCCC1=C(c2cccc(CCCCC)c2)[N+](=[N-])C(c2cccc(CCCCC)c2)=C1CC.[Pd]. The second kappa shape index (κ2) is 16.1. The second-order valence-electron chi connectivity index (χ2n) is 10.1. The van der Waals surface area contributed by atoms with Crippen molar-refractivity contribution in [3.8, 4) is 0 Å². The third-order valence-corrected chi connectivity index (χ3v) is 7.28. The van der Waals surface area contributed by atoms with Gasteiger partial charge in [0.05, 0.1) is 0 Å². The minimum atomic E-state index is 0. The normalized spacial score (nSPS) is 13.5. The molecule has 1 aliphatic heterocycles. The summed E-state index contributed by atoms with van der Waals surface area (Å²) in [7, 11) is 0. The zero-order valence-corrected chi connectivity index (χ0v) is 24.6. The molecule has 0 radical (unpaired) electrons. The zero-order chi connectivity index (χ0) is 25.0. The molecule has 0 amide bonds. The summed E-state index contributed by atoms with van der Waals surface area (Å²) in [5, 5.41) is 0. The Morgan fingerprint density at radius 3 is 1.47 bits per heavy atom. The van der Waals surface area contributed by atoms with Gasteiger partial charge in [0.1, 0.15) is 0 Å². The Labute approximate surface area is 234 Å². The molecule has 0 aliphatic carbocycles. The Morgan fingerprint density at radius 1 is 0.583 bits per heavy atom. The number of allylic oxidation sites excluding steroid dienone is 2. The number of aryl methyl sites for hydroxylation is 2. The summed E-state index contributed by atoms with van der Waals surface area (Å²) < 4.78 is 1.52. The molecule has 1 aliphatic rings. The van der Waals surface area contributed by atoms with Crippen LogP contribution in [0.25, 0.3) is 16.9 Å². The van der Waals surface area contributed by atoms with Gasteiger partial charge in [0.25, 0.3) is 0 Å². The van der Waals surface area contributed by atoms with Crippen molar-refractivity contribution >= 4 is 11.4 Å². The average molecular weight is 577 g/mol. The Kier molecular flexibility index (Phi) is 13.6. The van der Waals surface area contributed by atoms with Crippen LogP contribution in [0.1, 0.15) is 121 Å². The molecule has 1 heterocycles. The van der Waals surface area contributed by atoms with Gasteiger partial charge in [-0.25, -0.2) is 4.70 Å². The Hall–Kier alpha value is -1.82. The largest absolute Gasteiger partial charge is 0.493 e. The monoisotopic (exact) mass is 576 g/mol. The van der Waals surface area contributed by atoms with E-state index in [0.29, 0.717) is 0 Å². The first-order valence-electron chi connectivity index (χ1n) is 14.3. The van der Waals surface area contributed by atoms with Gasteiger partial charge >= 0.3 is 0 Å². The molecule has 3 heteroatoms. The predicted octanol–water partition coefficient (Wildman–Crippen LogP) is 10.3. The van der Waals surface area contributed by atoms with E-state index >= 15 is 0 Å². The Balaban J connectivity index is 0.00000456. The summed E-state index contributed by atoms with van der Waals surface area (Å²) in [6, 6.07) is 17.8. The fourth-order valence-corrected chi connectivity index (χ4v) is 5.35. The number of benzene rings is 2. The number of rotatable bonds is 15. The quantitative estimate of drug-likeness (QED) is 0.114. The Bertz CT molecular complexity index is 1050. The first-order chi connectivity index (χ1) is 17.1. The van der Waals surface area contributed by atoms with Gasteiger partial charge in [-0.3, -0.25) is 0 Å². The van der Waals surface area contributed by atoms with Gasteiger partial charge in [-0.2, -0.15) is 0 Å². The van der Waals surface area contributed by atoms with Crippen molar-refractivity contribution in [1.29, 1.82) is 0 Å². The maximum Gasteiger partial charge on any atom is 0.211 e. The third-order valence-electron chi connectivity index (χ3n) is 7.28. The van der Waals surface area contributed by atoms with E-state index < -0.39 is 0 Å². The van der Waals surface area contributed by atoms with E-state index in [1.165, 1.54) is 78.3 Å². The molecule has 0 aromatic heterocycles. The van der Waals surface area contributed by atoms with Crippen molar-refractivity contribution in [2.45, 2.75) is 111 Å². The molecule has 0 atom stereocenters. The maximum absolute atomic E-state index is 11.7. The van der Waals surface area contributed by atoms with E-state index in [2.05, 4.69) is 76.2 Å². The number of nitrogens with zero attached hydrogens (tertiary/aromatic N) is 2. The molecule has 0 fully saturated rings. The molecule has 2 aromatic rings. The predicted molar refractivity (Wildman–Crippen MR) is 151 cm³/mol. The molecule has 0 bridgehead atoms. The van der Waals surface area contributed by atoms with E-state index in [1.54, 1.807) is 0 Å². The fourth-order valence-electron chi connectivity index (χ4n) is 5.35. The van der Waals surface area contributed by atoms with E-state index in [1.807, 2.05) is 0 Å². The molecular formula is C33H46N2Pd.